The van der Waals surface area contributed by atoms with Gasteiger partial charge in [-0.05, 0) is 42.9 Å². The summed E-state index contributed by atoms with van der Waals surface area (Å²) in [5.74, 6) is -0.139. The first-order valence-corrected chi connectivity index (χ1v) is 9.33. The minimum Gasteiger partial charge on any atom is -0.334 e. The molecule has 0 saturated heterocycles. The minimum atomic E-state index is -0.139. The van der Waals surface area contributed by atoms with E-state index in [0.717, 1.165) is 34.5 Å². The first-order valence-electron chi connectivity index (χ1n) is 9.33. The van der Waals surface area contributed by atoms with Crippen LogP contribution in [0.4, 0.5) is 5.69 Å². The smallest absolute Gasteiger partial charge is 0.255 e. The maximum Gasteiger partial charge on any atom is 0.255 e. The largest absolute Gasteiger partial charge is 0.334 e. The van der Waals surface area contributed by atoms with Crippen molar-refractivity contribution in [3.8, 4) is 0 Å². The van der Waals surface area contributed by atoms with Gasteiger partial charge in [0.1, 0.15) is 0 Å². The van der Waals surface area contributed by atoms with Gasteiger partial charge >= 0.3 is 0 Å². The van der Waals surface area contributed by atoms with Crippen LogP contribution in [-0.4, -0.2) is 37.4 Å². The summed E-state index contributed by atoms with van der Waals surface area (Å²) in [6.07, 6.45) is 6.90. The van der Waals surface area contributed by atoms with E-state index in [4.69, 9.17) is 0 Å². The molecule has 1 amide bonds. The highest BCUT2D eigenvalue weighted by molar-refractivity contribution is 6.05. The third-order valence-electron chi connectivity index (χ3n) is 4.70. The molecule has 0 aliphatic heterocycles. The predicted octanol–water partition coefficient (Wildman–Crippen LogP) is 3.25. The lowest BCUT2D eigenvalue weighted by Crippen LogP contribution is -2.18. The molecule has 0 bridgehead atoms. The van der Waals surface area contributed by atoms with Crippen LogP contribution in [0.2, 0.25) is 0 Å². The molecule has 0 fully saturated rings. The van der Waals surface area contributed by atoms with Gasteiger partial charge in [0.25, 0.3) is 5.91 Å². The summed E-state index contributed by atoms with van der Waals surface area (Å²) in [7, 11) is 3.98. The van der Waals surface area contributed by atoms with Crippen LogP contribution in [0.15, 0.2) is 67.4 Å². The summed E-state index contributed by atoms with van der Waals surface area (Å²) in [6.45, 7) is 1.47. The molecule has 0 spiro atoms. The molecule has 0 aliphatic rings. The Morgan fingerprint density at radius 2 is 1.90 bits per heavy atom. The normalized spacial score (nSPS) is 11.1. The Kier molecular flexibility index (Phi) is 5.31. The summed E-state index contributed by atoms with van der Waals surface area (Å²) in [4.78, 5) is 27.4. The SMILES string of the molecule is CN(Cc1ccc(C(=O)Nc2ccc3c(c2)ncn3C)cc1)Cc1cnccn1. The molecule has 0 unspecified atom stereocenters. The number of carbonyl (C=O) groups is 1. The third kappa shape index (κ3) is 4.47. The zero-order valence-electron chi connectivity index (χ0n) is 16.4. The van der Waals surface area contributed by atoms with Crippen molar-refractivity contribution in [2.24, 2.45) is 7.05 Å². The molecule has 0 atom stereocenters. The fourth-order valence-corrected chi connectivity index (χ4v) is 3.23. The monoisotopic (exact) mass is 386 g/mol. The standard InChI is InChI=1S/C22H22N6O/c1-27(14-19-12-23-9-10-24-19)13-16-3-5-17(6-4-16)22(29)26-18-7-8-21-20(11-18)25-15-28(21)2/h3-12,15H,13-14H2,1-2H3,(H,26,29). The van der Waals surface area contributed by atoms with E-state index in [-0.39, 0.29) is 5.91 Å². The van der Waals surface area contributed by atoms with Gasteiger partial charge < -0.3 is 9.88 Å². The molecule has 29 heavy (non-hydrogen) atoms. The van der Waals surface area contributed by atoms with Crippen LogP contribution >= 0.6 is 0 Å². The van der Waals surface area contributed by atoms with E-state index in [1.165, 1.54) is 0 Å². The van der Waals surface area contributed by atoms with Crippen molar-refractivity contribution in [2.75, 3.05) is 12.4 Å². The summed E-state index contributed by atoms with van der Waals surface area (Å²) >= 11 is 0. The number of nitrogens with one attached hydrogen (secondary N) is 1. The van der Waals surface area contributed by atoms with Gasteiger partial charge in [0.2, 0.25) is 0 Å². The van der Waals surface area contributed by atoms with Crippen LogP contribution in [0.25, 0.3) is 11.0 Å². The first kappa shape index (κ1) is 18.8. The fourth-order valence-electron chi connectivity index (χ4n) is 3.23. The molecule has 2 aromatic carbocycles. The molecule has 0 aliphatic carbocycles. The van der Waals surface area contributed by atoms with E-state index in [1.54, 1.807) is 24.9 Å². The first-order chi connectivity index (χ1) is 14.1. The highest BCUT2D eigenvalue weighted by Gasteiger charge is 2.09. The van der Waals surface area contributed by atoms with E-state index < -0.39 is 0 Å². The molecule has 7 heteroatoms. The van der Waals surface area contributed by atoms with Crippen molar-refractivity contribution >= 4 is 22.6 Å². The summed E-state index contributed by atoms with van der Waals surface area (Å²) in [5, 5.41) is 2.94. The zero-order chi connectivity index (χ0) is 20.2. The van der Waals surface area contributed by atoms with Crippen LogP contribution in [0.1, 0.15) is 21.6 Å². The van der Waals surface area contributed by atoms with Crippen molar-refractivity contribution in [3.63, 3.8) is 0 Å². The van der Waals surface area contributed by atoms with Crippen LogP contribution < -0.4 is 5.32 Å². The number of amides is 1. The second-order valence-electron chi connectivity index (χ2n) is 7.08. The number of imidazole rings is 1. The number of aryl methyl sites for hydroxylation is 1. The molecule has 4 rings (SSSR count). The number of carbonyl (C=O) groups excluding carboxylic acids is 1. The van der Waals surface area contributed by atoms with Crippen LogP contribution in [0.5, 0.6) is 0 Å². The average molecular weight is 386 g/mol. The Balaban J connectivity index is 1.38. The fraction of sp³-hybridized carbons (Fsp3) is 0.182. The average Bonchev–Trinajstić information content (AvgIpc) is 3.09. The molecule has 2 heterocycles. The van der Waals surface area contributed by atoms with E-state index in [0.29, 0.717) is 12.1 Å². The van der Waals surface area contributed by atoms with Gasteiger partial charge in [-0.1, -0.05) is 12.1 Å². The molecule has 4 aromatic rings. The lowest BCUT2D eigenvalue weighted by Gasteiger charge is -2.16. The van der Waals surface area contributed by atoms with Gasteiger partial charge in [0.05, 0.1) is 23.1 Å². The van der Waals surface area contributed by atoms with Crippen molar-refractivity contribution in [1.29, 1.82) is 0 Å². The third-order valence-corrected chi connectivity index (χ3v) is 4.70. The Morgan fingerprint density at radius 3 is 2.66 bits per heavy atom. The van der Waals surface area contributed by atoms with Crippen molar-refractivity contribution in [2.45, 2.75) is 13.1 Å². The number of hydrogen-bond acceptors (Lipinski definition) is 5. The van der Waals surface area contributed by atoms with E-state index in [2.05, 4.69) is 25.2 Å². The lowest BCUT2D eigenvalue weighted by atomic mass is 10.1. The van der Waals surface area contributed by atoms with E-state index in [1.807, 2.05) is 61.1 Å². The van der Waals surface area contributed by atoms with Gasteiger partial charge in [-0.25, -0.2) is 4.98 Å². The van der Waals surface area contributed by atoms with Crippen LogP contribution in [0, 0.1) is 0 Å². The van der Waals surface area contributed by atoms with Gasteiger partial charge in [0, 0.05) is 50.0 Å². The van der Waals surface area contributed by atoms with Crippen molar-refractivity contribution < 1.29 is 4.79 Å². The molecule has 1 N–H and O–H groups in total. The number of benzene rings is 2. The Labute approximate surface area is 169 Å². The number of aromatic nitrogens is 4. The number of anilines is 1. The summed E-state index contributed by atoms with van der Waals surface area (Å²) in [6, 6.07) is 13.4. The van der Waals surface area contributed by atoms with Gasteiger partial charge in [-0.3, -0.25) is 19.7 Å². The highest BCUT2D eigenvalue weighted by atomic mass is 16.1. The maximum atomic E-state index is 12.6. The molecule has 0 radical (unpaired) electrons. The maximum absolute atomic E-state index is 12.6. The minimum absolute atomic E-state index is 0.139. The number of rotatable bonds is 6. The molecular weight excluding hydrogens is 364 g/mol. The van der Waals surface area contributed by atoms with Gasteiger partial charge in [0.15, 0.2) is 0 Å². The topological polar surface area (TPSA) is 75.9 Å². The summed E-state index contributed by atoms with van der Waals surface area (Å²) in [5.41, 5.74) is 5.28. The summed E-state index contributed by atoms with van der Waals surface area (Å²) < 4.78 is 1.95. The van der Waals surface area contributed by atoms with Gasteiger partial charge in [-0.2, -0.15) is 0 Å². The Hall–Kier alpha value is -3.58. The molecule has 146 valence electrons. The van der Waals surface area contributed by atoms with Gasteiger partial charge in [-0.15, -0.1) is 0 Å². The zero-order valence-corrected chi connectivity index (χ0v) is 16.4. The second-order valence-corrected chi connectivity index (χ2v) is 7.08. The highest BCUT2D eigenvalue weighted by Crippen LogP contribution is 2.18. The predicted molar refractivity (Wildman–Crippen MR) is 112 cm³/mol. The second kappa shape index (κ2) is 8.20. The Bertz CT molecular complexity index is 1120. The molecule has 7 nitrogen and oxygen atoms in total. The molecule has 2 aromatic heterocycles. The number of hydrogen-bond donors (Lipinski definition) is 1. The quantitative estimate of drug-likeness (QED) is 0.551. The number of fused-ring (bicyclic) bond motifs is 1. The van der Waals surface area contributed by atoms with E-state index >= 15 is 0 Å². The van der Waals surface area contributed by atoms with E-state index in [9.17, 15) is 4.79 Å². The van der Waals surface area contributed by atoms with Crippen molar-refractivity contribution in [1.82, 2.24) is 24.4 Å². The van der Waals surface area contributed by atoms with Crippen molar-refractivity contribution in [3.05, 3.63) is 84.2 Å². The lowest BCUT2D eigenvalue weighted by molar-refractivity contribution is 0.102. The molecular formula is C22H22N6O. The molecule has 0 saturated carbocycles. The Morgan fingerprint density at radius 1 is 1.07 bits per heavy atom. The van der Waals surface area contributed by atoms with Crippen LogP contribution in [-0.2, 0) is 20.1 Å². The van der Waals surface area contributed by atoms with Crippen LogP contribution in [0.3, 0.4) is 0 Å². The number of nitrogens with zero attached hydrogens (tertiary/aromatic N) is 5.